The maximum atomic E-state index is 11.4. The predicted molar refractivity (Wildman–Crippen MR) is 160 cm³/mol. The Kier molecular flexibility index (Phi) is 10.5. The Hall–Kier alpha value is -5.96. The van der Waals surface area contributed by atoms with Crippen molar-refractivity contribution in [3.63, 3.8) is 0 Å². The molecular formula is C24H20Cl2N12O8. The lowest BCUT2D eigenvalue weighted by Gasteiger charge is -2.12. The summed E-state index contributed by atoms with van der Waals surface area (Å²) in [6.07, 6.45) is 0. The molecule has 238 valence electrons. The molecule has 22 heteroatoms. The molecule has 4 aromatic rings. The van der Waals surface area contributed by atoms with Crippen LogP contribution in [0.4, 0.5) is 35.2 Å². The van der Waals surface area contributed by atoms with Crippen LogP contribution in [0.25, 0.3) is 0 Å². The normalized spacial score (nSPS) is 10.6. The highest BCUT2D eigenvalue weighted by Crippen LogP contribution is 2.21. The Balaban J connectivity index is 1.31. The predicted octanol–water partition coefficient (Wildman–Crippen LogP) is 2.18. The number of nitrogens with zero attached hydrogens (tertiary/aromatic N) is 6. The van der Waals surface area contributed by atoms with Crippen molar-refractivity contribution in [1.82, 2.24) is 40.8 Å². The summed E-state index contributed by atoms with van der Waals surface area (Å²) in [5, 5.41) is 42.0. The van der Waals surface area contributed by atoms with Crippen LogP contribution in [0.15, 0.2) is 36.4 Å². The molecule has 20 nitrogen and oxygen atoms in total. The number of hydrogen-bond donors (Lipinski definition) is 10. The first kappa shape index (κ1) is 32.9. The first-order chi connectivity index (χ1) is 21.9. The second kappa shape index (κ2) is 14.7. The van der Waals surface area contributed by atoms with Gasteiger partial charge in [0.2, 0.25) is 34.4 Å². The van der Waals surface area contributed by atoms with Gasteiger partial charge < -0.3 is 31.1 Å². The van der Waals surface area contributed by atoms with Crippen LogP contribution < -0.4 is 32.3 Å². The van der Waals surface area contributed by atoms with Gasteiger partial charge in [-0.2, -0.15) is 29.9 Å². The lowest BCUT2D eigenvalue weighted by molar-refractivity contribution is 0.0676. The molecule has 0 unspecified atom stereocenters. The van der Waals surface area contributed by atoms with E-state index in [2.05, 4.69) is 62.2 Å². The summed E-state index contributed by atoms with van der Waals surface area (Å²) in [7, 11) is 0. The molecule has 2 heterocycles. The maximum Gasteiger partial charge on any atom is 0.335 e. The molecule has 0 bridgehead atoms. The molecule has 0 saturated heterocycles. The lowest BCUT2D eigenvalue weighted by atomic mass is 10.1. The van der Waals surface area contributed by atoms with Gasteiger partial charge in [0.05, 0.1) is 22.3 Å². The Morgan fingerprint density at radius 3 is 1.11 bits per heavy atom. The fraction of sp³-hybridized carbons (Fsp3) is 0.0833. The van der Waals surface area contributed by atoms with Gasteiger partial charge in [-0.25, -0.2) is 30.0 Å². The molecule has 0 atom stereocenters. The van der Waals surface area contributed by atoms with E-state index in [-0.39, 0.29) is 81.1 Å². The van der Waals surface area contributed by atoms with Crippen LogP contribution in [-0.2, 0) is 0 Å². The van der Waals surface area contributed by atoms with Crippen LogP contribution >= 0.6 is 23.2 Å². The smallest absolute Gasteiger partial charge is 0.335 e. The van der Waals surface area contributed by atoms with Crippen LogP contribution in [0.5, 0.6) is 0 Å². The zero-order valence-electron chi connectivity index (χ0n) is 22.7. The number of carboxylic acids is 4. The summed E-state index contributed by atoms with van der Waals surface area (Å²) in [5.74, 6) is -5.58. The second-order valence-corrected chi connectivity index (χ2v) is 9.35. The summed E-state index contributed by atoms with van der Waals surface area (Å²) in [6.45, 7) is 0.483. The minimum Gasteiger partial charge on any atom is -0.478 e. The molecular weight excluding hydrogens is 655 g/mol. The summed E-state index contributed by atoms with van der Waals surface area (Å²) >= 11 is 11.9. The van der Waals surface area contributed by atoms with Crippen molar-refractivity contribution in [3.05, 3.63) is 69.2 Å². The fourth-order valence-corrected chi connectivity index (χ4v) is 3.80. The van der Waals surface area contributed by atoms with Gasteiger partial charge in [0.15, 0.2) is 0 Å². The molecule has 2 aromatic carbocycles. The molecule has 0 radical (unpaired) electrons. The number of hydrazine groups is 2. The van der Waals surface area contributed by atoms with E-state index in [1.54, 1.807) is 0 Å². The third-order valence-electron chi connectivity index (χ3n) is 5.36. The van der Waals surface area contributed by atoms with Crippen molar-refractivity contribution in [2.75, 3.05) is 34.6 Å². The first-order valence-corrected chi connectivity index (χ1v) is 13.2. The van der Waals surface area contributed by atoms with Crippen LogP contribution in [0.2, 0.25) is 10.6 Å². The zero-order chi connectivity index (χ0) is 33.4. The molecule has 0 aliphatic heterocycles. The van der Waals surface area contributed by atoms with E-state index in [9.17, 15) is 39.6 Å². The topological polar surface area (TPSA) is 299 Å². The number of hydrogen-bond acceptors (Lipinski definition) is 16. The number of aromatic carboxylic acids is 4. The number of benzene rings is 2. The van der Waals surface area contributed by atoms with E-state index < -0.39 is 23.9 Å². The maximum absolute atomic E-state index is 11.4. The number of aromatic nitrogens is 6. The van der Waals surface area contributed by atoms with E-state index in [1.807, 2.05) is 0 Å². The summed E-state index contributed by atoms with van der Waals surface area (Å²) in [6, 6.07) is 6.79. The lowest BCUT2D eigenvalue weighted by Crippen LogP contribution is -2.34. The van der Waals surface area contributed by atoms with Crippen LogP contribution in [0, 0.1) is 0 Å². The summed E-state index contributed by atoms with van der Waals surface area (Å²) < 4.78 is 0. The van der Waals surface area contributed by atoms with E-state index in [0.29, 0.717) is 0 Å². The van der Waals surface area contributed by atoms with Crippen LogP contribution in [0.1, 0.15) is 41.4 Å². The largest absolute Gasteiger partial charge is 0.478 e. The number of anilines is 6. The zero-order valence-corrected chi connectivity index (χ0v) is 24.3. The average molecular weight is 675 g/mol. The van der Waals surface area contributed by atoms with Gasteiger partial charge in [0.1, 0.15) is 0 Å². The SMILES string of the molecule is O=C(O)c1cc(Nc2nc(Cl)nc(NNCCNNc3nc(Cl)nc(Nc4cc(C(=O)O)cc(C(=O)O)c4)n3)n2)cc(C(=O)O)c1. The molecule has 0 aliphatic rings. The molecule has 10 N–H and O–H groups in total. The van der Waals surface area contributed by atoms with Gasteiger partial charge in [0.25, 0.3) is 0 Å². The second-order valence-electron chi connectivity index (χ2n) is 8.68. The van der Waals surface area contributed by atoms with Gasteiger partial charge in [-0.05, 0) is 59.6 Å². The van der Waals surface area contributed by atoms with E-state index in [4.69, 9.17) is 23.2 Å². The monoisotopic (exact) mass is 674 g/mol. The molecule has 0 spiro atoms. The van der Waals surface area contributed by atoms with Crippen molar-refractivity contribution in [2.45, 2.75) is 0 Å². The Morgan fingerprint density at radius 1 is 0.500 bits per heavy atom. The van der Waals surface area contributed by atoms with Gasteiger partial charge in [0, 0.05) is 24.5 Å². The third-order valence-corrected chi connectivity index (χ3v) is 5.70. The standard InChI is InChI=1S/C24H20Cl2N12O8/c25-19-31-21(29-13-5-9(15(39)40)3-10(6-13)16(41)42)35-23(33-19)37-27-1-2-28-38-24-34-20(26)32-22(36-24)30-14-7-11(17(43)44)4-12(8-14)18(45)46/h3-8,27-28H,1-2H2,(H,39,40)(H,41,42)(H,43,44)(H,45,46)(H2,29,31,33,35,37)(H2,30,32,34,36,38). The van der Waals surface area contributed by atoms with Crippen molar-refractivity contribution in [1.29, 1.82) is 0 Å². The molecule has 0 saturated carbocycles. The molecule has 2 aromatic heterocycles. The Bertz CT molecular complexity index is 1630. The third kappa shape index (κ3) is 9.27. The quantitative estimate of drug-likeness (QED) is 0.0637. The number of carbonyl (C=O) groups is 4. The summed E-state index contributed by atoms with van der Waals surface area (Å²) in [4.78, 5) is 69.2. The fourth-order valence-electron chi connectivity index (χ4n) is 3.48. The minimum absolute atomic E-state index is 0.0266. The number of rotatable bonds is 15. The van der Waals surface area contributed by atoms with Crippen LogP contribution in [0.3, 0.4) is 0 Å². The number of halogens is 2. The Labute approximate surface area is 266 Å². The van der Waals surface area contributed by atoms with Gasteiger partial charge in [-0.3, -0.25) is 10.9 Å². The van der Waals surface area contributed by atoms with Gasteiger partial charge in [-0.15, -0.1) is 0 Å². The molecule has 46 heavy (non-hydrogen) atoms. The van der Waals surface area contributed by atoms with Crippen molar-refractivity contribution < 1.29 is 39.6 Å². The van der Waals surface area contributed by atoms with E-state index in [0.717, 1.165) is 12.1 Å². The first-order valence-electron chi connectivity index (χ1n) is 12.4. The average Bonchev–Trinajstić information content (AvgIpc) is 2.98. The number of carboxylic acid groups (broad SMARTS) is 4. The Morgan fingerprint density at radius 2 is 0.804 bits per heavy atom. The highest BCUT2D eigenvalue weighted by Gasteiger charge is 2.15. The van der Waals surface area contributed by atoms with Gasteiger partial charge >= 0.3 is 23.9 Å². The van der Waals surface area contributed by atoms with Crippen molar-refractivity contribution >= 4 is 82.2 Å². The number of nitrogens with one attached hydrogen (secondary N) is 6. The van der Waals surface area contributed by atoms with Crippen molar-refractivity contribution in [2.24, 2.45) is 0 Å². The van der Waals surface area contributed by atoms with E-state index in [1.165, 1.54) is 24.3 Å². The minimum atomic E-state index is -1.33. The summed E-state index contributed by atoms with van der Waals surface area (Å²) in [5.41, 5.74) is 10.1. The van der Waals surface area contributed by atoms with E-state index >= 15 is 0 Å². The molecule has 4 rings (SSSR count). The molecule has 0 amide bonds. The molecule has 0 aliphatic carbocycles. The van der Waals surface area contributed by atoms with Crippen LogP contribution in [-0.4, -0.2) is 87.3 Å². The highest BCUT2D eigenvalue weighted by molar-refractivity contribution is 6.28. The van der Waals surface area contributed by atoms with Crippen molar-refractivity contribution in [3.8, 4) is 0 Å². The highest BCUT2D eigenvalue weighted by atomic mass is 35.5. The van der Waals surface area contributed by atoms with Gasteiger partial charge in [-0.1, -0.05) is 0 Å². The molecule has 0 fully saturated rings.